The minimum atomic E-state index is -4.51. The minimum Gasteiger partial charge on any atom is -0.383 e. The molecule has 2 aromatic carbocycles. The van der Waals surface area contributed by atoms with Gasteiger partial charge in [0.1, 0.15) is 5.92 Å². The van der Waals surface area contributed by atoms with Crippen molar-refractivity contribution in [3.8, 4) is 0 Å². The molecule has 160 valence electrons. The first-order valence-electron chi connectivity index (χ1n) is 9.95. The maximum absolute atomic E-state index is 13.6. The number of hydrogen-bond acceptors (Lipinski definition) is 4. The fourth-order valence-corrected chi connectivity index (χ4v) is 3.43. The van der Waals surface area contributed by atoms with Crippen molar-refractivity contribution in [3.05, 3.63) is 53.6 Å². The Morgan fingerprint density at radius 1 is 1.17 bits per heavy atom. The number of likely N-dealkylation sites (N-methyl/N-ethyl adjacent to an activating group) is 1. The maximum Gasteiger partial charge on any atom is 0.418 e. The number of benzene rings is 2. The van der Waals surface area contributed by atoms with E-state index >= 15 is 0 Å². The number of carbonyl (C=O) groups excluding carboxylic acids is 1. The summed E-state index contributed by atoms with van der Waals surface area (Å²) in [5.74, 6) is -0.868. The van der Waals surface area contributed by atoms with Crippen LogP contribution in [0.25, 0.3) is 0 Å². The Balaban J connectivity index is 1.78. The number of nitrogens with one attached hydrogen (secondary N) is 2. The van der Waals surface area contributed by atoms with Crippen LogP contribution in [0.2, 0.25) is 0 Å². The molecule has 30 heavy (non-hydrogen) atoms. The van der Waals surface area contributed by atoms with Crippen molar-refractivity contribution >= 4 is 29.2 Å². The lowest BCUT2D eigenvalue weighted by atomic mass is 10.0. The van der Waals surface area contributed by atoms with Crippen LogP contribution in [0.4, 0.5) is 30.2 Å². The fraction of sp³-hybridized carbons (Fsp3) is 0.364. The van der Waals surface area contributed by atoms with E-state index in [1.165, 1.54) is 18.3 Å². The van der Waals surface area contributed by atoms with E-state index < -0.39 is 17.7 Å². The normalized spacial score (nSPS) is 16.2. The standard InChI is InChI=1S/C22H25F3N4O/c1-3-29(4-2)12-11-26-20-10-9-15(13-18(20)22(23,24)25)27-14-17-16-7-5-6-8-19(16)28-21(17)30/h5-10,13-14,17,26H,3-4,11-12H2,1-2H3,(H,28,30). The lowest BCUT2D eigenvalue weighted by molar-refractivity contribution is -0.137. The van der Waals surface area contributed by atoms with E-state index in [2.05, 4.69) is 20.5 Å². The molecule has 0 spiro atoms. The van der Waals surface area contributed by atoms with E-state index in [9.17, 15) is 18.0 Å². The number of rotatable bonds is 8. The maximum atomic E-state index is 13.6. The van der Waals surface area contributed by atoms with Crippen molar-refractivity contribution < 1.29 is 18.0 Å². The van der Waals surface area contributed by atoms with Crippen molar-refractivity contribution in [2.45, 2.75) is 25.9 Å². The van der Waals surface area contributed by atoms with Gasteiger partial charge in [0.15, 0.2) is 0 Å². The molecule has 1 unspecified atom stereocenters. The van der Waals surface area contributed by atoms with Crippen LogP contribution in [0, 0.1) is 0 Å². The highest BCUT2D eigenvalue weighted by atomic mass is 19.4. The third kappa shape index (κ3) is 4.99. The highest BCUT2D eigenvalue weighted by Crippen LogP contribution is 2.37. The quantitative estimate of drug-likeness (QED) is 0.600. The van der Waals surface area contributed by atoms with Crippen LogP contribution in [0.15, 0.2) is 47.5 Å². The summed E-state index contributed by atoms with van der Waals surface area (Å²) in [6.45, 7) is 6.78. The minimum absolute atomic E-state index is 0.0255. The molecule has 1 heterocycles. The van der Waals surface area contributed by atoms with E-state index in [0.717, 1.165) is 24.7 Å². The summed E-state index contributed by atoms with van der Waals surface area (Å²) < 4.78 is 40.7. The lowest BCUT2D eigenvalue weighted by Crippen LogP contribution is -2.29. The Kier molecular flexibility index (Phi) is 6.77. The fourth-order valence-electron chi connectivity index (χ4n) is 3.43. The SMILES string of the molecule is CCN(CC)CCNc1ccc(N=CC2C(=O)Nc3ccccc32)cc1C(F)(F)F. The molecule has 1 aliphatic heterocycles. The number of nitrogens with zero attached hydrogens (tertiary/aromatic N) is 2. The number of para-hydroxylation sites is 1. The largest absolute Gasteiger partial charge is 0.418 e. The van der Waals surface area contributed by atoms with Crippen LogP contribution in [0.3, 0.4) is 0 Å². The second-order valence-electron chi connectivity index (χ2n) is 7.01. The van der Waals surface area contributed by atoms with Gasteiger partial charge < -0.3 is 15.5 Å². The summed E-state index contributed by atoms with van der Waals surface area (Å²) in [5.41, 5.74) is 0.860. The summed E-state index contributed by atoms with van der Waals surface area (Å²) in [5, 5.41) is 5.63. The molecule has 0 aromatic heterocycles. The predicted molar refractivity (Wildman–Crippen MR) is 114 cm³/mol. The summed E-state index contributed by atoms with van der Waals surface area (Å²) >= 11 is 0. The molecule has 1 aliphatic rings. The highest BCUT2D eigenvalue weighted by Gasteiger charge is 2.34. The van der Waals surface area contributed by atoms with Crippen molar-refractivity contribution in [3.63, 3.8) is 0 Å². The first-order chi connectivity index (χ1) is 14.3. The zero-order valence-electron chi connectivity index (χ0n) is 17.0. The molecular weight excluding hydrogens is 393 g/mol. The predicted octanol–water partition coefficient (Wildman–Crippen LogP) is 4.90. The number of carbonyl (C=O) groups is 1. The van der Waals surface area contributed by atoms with E-state index in [4.69, 9.17) is 0 Å². The molecule has 5 nitrogen and oxygen atoms in total. The van der Waals surface area contributed by atoms with Gasteiger partial charge in [-0.2, -0.15) is 13.2 Å². The molecular formula is C22H25F3N4O. The molecule has 0 radical (unpaired) electrons. The Morgan fingerprint density at radius 3 is 2.60 bits per heavy atom. The number of anilines is 2. The Bertz CT molecular complexity index is 923. The average molecular weight is 418 g/mol. The van der Waals surface area contributed by atoms with E-state index in [1.807, 2.05) is 13.8 Å². The topological polar surface area (TPSA) is 56.7 Å². The van der Waals surface area contributed by atoms with Gasteiger partial charge in [0.2, 0.25) is 5.91 Å². The van der Waals surface area contributed by atoms with Crippen molar-refractivity contribution in [2.24, 2.45) is 4.99 Å². The summed E-state index contributed by atoms with van der Waals surface area (Å²) in [7, 11) is 0. The van der Waals surface area contributed by atoms with Gasteiger partial charge in [-0.3, -0.25) is 9.79 Å². The Hall–Kier alpha value is -2.87. The molecule has 0 saturated carbocycles. The van der Waals surface area contributed by atoms with Crippen molar-refractivity contribution in [1.29, 1.82) is 0 Å². The number of amides is 1. The lowest BCUT2D eigenvalue weighted by Gasteiger charge is -2.20. The number of halogens is 3. The average Bonchev–Trinajstić information content (AvgIpc) is 3.04. The van der Waals surface area contributed by atoms with Crippen LogP contribution in [-0.2, 0) is 11.0 Å². The molecule has 1 amide bonds. The van der Waals surface area contributed by atoms with Crippen molar-refractivity contribution in [2.75, 3.05) is 36.8 Å². The number of fused-ring (bicyclic) bond motifs is 1. The van der Waals surface area contributed by atoms with Gasteiger partial charge in [0.05, 0.1) is 11.3 Å². The molecule has 1 atom stereocenters. The van der Waals surface area contributed by atoms with E-state index in [0.29, 0.717) is 18.8 Å². The van der Waals surface area contributed by atoms with Crippen LogP contribution >= 0.6 is 0 Å². The van der Waals surface area contributed by atoms with Gasteiger partial charge in [0, 0.05) is 30.7 Å². The zero-order valence-corrected chi connectivity index (χ0v) is 17.0. The molecule has 3 rings (SSSR count). The molecule has 0 aliphatic carbocycles. The highest BCUT2D eigenvalue weighted by molar-refractivity contribution is 6.12. The van der Waals surface area contributed by atoms with Gasteiger partial charge in [-0.25, -0.2) is 0 Å². The Labute approximate surface area is 174 Å². The van der Waals surface area contributed by atoms with Crippen molar-refractivity contribution in [1.82, 2.24) is 4.90 Å². The second-order valence-corrected chi connectivity index (χ2v) is 7.01. The monoisotopic (exact) mass is 418 g/mol. The van der Waals surface area contributed by atoms with Crippen LogP contribution in [-0.4, -0.2) is 43.2 Å². The summed E-state index contributed by atoms with van der Waals surface area (Å²) in [6.07, 6.45) is -3.12. The molecule has 2 N–H and O–H groups in total. The van der Waals surface area contributed by atoms with Crippen LogP contribution < -0.4 is 10.6 Å². The van der Waals surface area contributed by atoms with E-state index in [-0.39, 0.29) is 17.3 Å². The van der Waals surface area contributed by atoms with Gasteiger partial charge in [0.25, 0.3) is 0 Å². The number of hydrogen-bond donors (Lipinski definition) is 2. The second kappa shape index (κ2) is 9.30. The van der Waals surface area contributed by atoms with Gasteiger partial charge in [-0.1, -0.05) is 32.0 Å². The number of aliphatic imine (C=N–C) groups is 1. The number of alkyl halides is 3. The molecule has 0 saturated heterocycles. The molecule has 2 aromatic rings. The third-order valence-electron chi connectivity index (χ3n) is 5.16. The van der Waals surface area contributed by atoms with Gasteiger partial charge in [-0.15, -0.1) is 0 Å². The molecule has 0 fully saturated rings. The zero-order chi connectivity index (χ0) is 21.7. The van der Waals surface area contributed by atoms with Crippen LogP contribution in [0.1, 0.15) is 30.9 Å². The molecule has 0 bridgehead atoms. The van der Waals surface area contributed by atoms with E-state index in [1.54, 1.807) is 24.3 Å². The van der Waals surface area contributed by atoms with Gasteiger partial charge >= 0.3 is 6.18 Å². The third-order valence-corrected chi connectivity index (χ3v) is 5.16. The van der Waals surface area contributed by atoms with Gasteiger partial charge in [-0.05, 0) is 42.9 Å². The Morgan fingerprint density at radius 2 is 1.90 bits per heavy atom. The first-order valence-corrected chi connectivity index (χ1v) is 9.95. The summed E-state index contributed by atoms with van der Waals surface area (Å²) in [4.78, 5) is 18.5. The molecule has 8 heteroatoms. The van der Waals surface area contributed by atoms with Crippen LogP contribution in [0.5, 0.6) is 0 Å². The summed E-state index contributed by atoms with van der Waals surface area (Å²) in [6, 6.07) is 11.1. The first kappa shape index (κ1) is 21.8. The smallest absolute Gasteiger partial charge is 0.383 e.